The van der Waals surface area contributed by atoms with Crippen LogP contribution in [-0.2, 0) is 4.79 Å². The third-order valence-electron chi connectivity index (χ3n) is 5.64. The van der Waals surface area contributed by atoms with Gasteiger partial charge < -0.3 is 20.2 Å². The molecule has 2 atom stereocenters. The predicted molar refractivity (Wildman–Crippen MR) is 99.2 cm³/mol. The Hall–Kier alpha value is -2.12. The van der Waals surface area contributed by atoms with Crippen LogP contribution < -0.4 is 10.2 Å². The molecule has 4 rings (SSSR count). The van der Waals surface area contributed by atoms with Crippen LogP contribution in [0, 0.1) is 0 Å². The fourth-order valence-electron chi connectivity index (χ4n) is 4.24. The van der Waals surface area contributed by atoms with Crippen molar-refractivity contribution in [2.75, 3.05) is 42.9 Å². The maximum Gasteiger partial charge on any atom is 0.321 e. The van der Waals surface area contributed by atoms with Gasteiger partial charge >= 0.3 is 6.03 Å². The molecule has 3 fully saturated rings. The van der Waals surface area contributed by atoms with Gasteiger partial charge in [0.2, 0.25) is 5.91 Å². The highest BCUT2D eigenvalue weighted by Crippen LogP contribution is 2.25. The van der Waals surface area contributed by atoms with Gasteiger partial charge in [0.1, 0.15) is 0 Å². The molecule has 0 aliphatic carbocycles. The lowest BCUT2D eigenvalue weighted by Gasteiger charge is -2.25. The second-order valence-electron chi connectivity index (χ2n) is 7.41. The molecule has 3 aliphatic rings. The highest BCUT2D eigenvalue weighted by Gasteiger charge is 2.38. The lowest BCUT2D eigenvalue weighted by Crippen LogP contribution is -2.41. The van der Waals surface area contributed by atoms with Crippen molar-refractivity contribution in [2.24, 2.45) is 0 Å². The number of carbonyl (C=O) groups is 2. The number of urea groups is 1. The Kier molecular flexibility index (Phi) is 4.82. The summed E-state index contributed by atoms with van der Waals surface area (Å²) in [6.07, 6.45) is 3.29. The quantitative estimate of drug-likeness (QED) is 0.858. The Labute approximate surface area is 153 Å². The number of amides is 3. The summed E-state index contributed by atoms with van der Waals surface area (Å²) in [6.45, 7) is 3.65. The van der Waals surface area contributed by atoms with Gasteiger partial charge in [0, 0.05) is 30.9 Å². The molecule has 3 amide bonds. The average molecular weight is 358 g/mol. The van der Waals surface area contributed by atoms with Gasteiger partial charge in [-0.2, -0.15) is 0 Å². The molecular formula is C19H26N4O3. The first-order chi connectivity index (χ1) is 12.6. The molecule has 3 heterocycles. The maximum atomic E-state index is 12.6. The molecule has 2 N–H and O–H groups in total. The Bertz CT molecular complexity index is 689. The summed E-state index contributed by atoms with van der Waals surface area (Å²) in [5.41, 5.74) is 1.49. The van der Waals surface area contributed by atoms with Crippen LogP contribution in [0.4, 0.5) is 16.2 Å². The monoisotopic (exact) mass is 358 g/mol. The van der Waals surface area contributed by atoms with Crippen molar-refractivity contribution in [1.82, 2.24) is 9.80 Å². The zero-order valence-corrected chi connectivity index (χ0v) is 14.9. The van der Waals surface area contributed by atoms with E-state index < -0.39 is 6.10 Å². The van der Waals surface area contributed by atoms with Crippen LogP contribution >= 0.6 is 0 Å². The SMILES string of the molecule is O=C(Nc1cccc(N2CCCC2=O)c1)N1C[C@@H](O)[C@H](N2CCCC2)C1. The van der Waals surface area contributed by atoms with E-state index in [2.05, 4.69) is 10.2 Å². The van der Waals surface area contributed by atoms with Crippen molar-refractivity contribution >= 4 is 23.3 Å². The summed E-state index contributed by atoms with van der Waals surface area (Å²) in [4.78, 5) is 30.3. The van der Waals surface area contributed by atoms with Crippen molar-refractivity contribution in [3.8, 4) is 0 Å². The summed E-state index contributed by atoms with van der Waals surface area (Å²) in [7, 11) is 0. The topological polar surface area (TPSA) is 76.1 Å². The third-order valence-corrected chi connectivity index (χ3v) is 5.64. The number of aliphatic hydroxyl groups is 1. The summed E-state index contributed by atoms with van der Waals surface area (Å²) in [6, 6.07) is 7.25. The molecule has 140 valence electrons. The smallest absolute Gasteiger partial charge is 0.321 e. The zero-order valence-electron chi connectivity index (χ0n) is 14.9. The van der Waals surface area contributed by atoms with E-state index in [1.165, 1.54) is 0 Å². The van der Waals surface area contributed by atoms with Crippen LogP contribution in [0.15, 0.2) is 24.3 Å². The van der Waals surface area contributed by atoms with Crippen LogP contribution in [-0.4, -0.2) is 71.7 Å². The van der Waals surface area contributed by atoms with Crippen molar-refractivity contribution < 1.29 is 14.7 Å². The minimum Gasteiger partial charge on any atom is -0.390 e. The van der Waals surface area contributed by atoms with E-state index >= 15 is 0 Å². The molecule has 0 spiro atoms. The van der Waals surface area contributed by atoms with E-state index in [1.54, 1.807) is 9.80 Å². The number of benzene rings is 1. The summed E-state index contributed by atoms with van der Waals surface area (Å²) in [5, 5.41) is 13.3. The van der Waals surface area contributed by atoms with Gasteiger partial charge in [-0.15, -0.1) is 0 Å². The van der Waals surface area contributed by atoms with Crippen LogP contribution in [0.3, 0.4) is 0 Å². The number of likely N-dealkylation sites (tertiary alicyclic amines) is 2. The van der Waals surface area contributed by atoms with E-state index in [9.17, 15) is 14.7 Å². The molecule has 7 heteroatoms. The van der Waals surface area contributed by atoms with Crippen LogP contribution in [0.25, 0.3) is 0 Å². The number of aliphatic hydroxyl groups excluding tert-OH is 1. The van der Waals surface area contributed by atoms with E-state index in [4.69, 9.17) is 0 Å². The van der Waals surface area contributed by atoms with Gasteiger partial charge in [-0.25, -0.2) is 4.79 Å². The minimum atomic E-state index is -0.493. The average Bonchev–Trinajstić information content (AvgIpc) is 3.35. The fourth-order valence-corrected chi connectivity index (χ4v) is 4.24. The summed E-state index contributed by atoms with van der Waals surface area (Å²) in [5.74, 6) is 0.129. The van der Waals surface area contributed by atoms with Crippen molar-refractivity contribution in [3.63, 3.8) is 0 Å². The molecular weight excluding hydrogens is 332 g/mol. The molecule has 3 saturated heterocycles. The van der Waals surface area contributed by atoms with Crippen LogP contribution in [0.1, 0.15) is 25.7 Å². The highest BCUT2D eigenvalue weighted by atomic mass is 16.3. The number of carbonyl (C=O) groups excluding carboxylic acids is 2. The molecule has 0 saturated carbocycles. The van der Waals surface area contributed by atoms with Gasteiger partial charge in [-0.1, -0.05) is 6.07 Å². The molecule has 0 radical (unpaired) electrons. The molecule has 0 aromatic heterocycles. The minimum absolute atomic E-state index is 0.0387. The van der Waals surface area contributed by atoms with Gasteiger partial charge in [0.15, 0.2) is 0 Å². The lowest BCUT2D eigenvalue weighted by atomic mass is 10.2. The van der Waals surface area contributed by atoms with E-state index in [1.807, 2.05) is 24.3 Å². The standard InChI is InChI=1S/C19H26N4O3/c24-17-13-22(12-16(17)21-8-1-2-9-21)19(26)20-14-5-3-6-15(11-14)23-10-4-7-18(23)25/h3,5-6,11,16-17,24H,1-2,4,7-10,12-13H2,(H,20,26)/t16-,17-/m1/s1. The van der Waals surface area contributed by atoms with Crippen LogP contribution in [0.5, 0.6) is 0 Å². The molecule has 1 aromatic carbocycles. The predicted octanol–water partition coefficient (Wildman–Crippen LogP) is 1.49. The Morgan fingerprint density at radius 3 is 2.65 bits per heavy atom. The highest BCUT2D eigenvalue weighted by molar-refractivity contribution is 5.96. The Balaban J connectivity index is 1.40. The molecule has 0 unspecified atom stereocenters. The number of β-amino-alcohol motifs (C(OH)–C–C–N with tert-alkyl or cyclic N) is 1. The van der Waals surface area contributed by atoms with Gasteiger partial charge in [-0.05, 0) is 50.6 Å². The number of anilines is 2. The van der Waals surface area contributed by atoms with Crippen molar-refractivity contribution in [1.29, 1.82) is 0 Å². The molecule has 26 heavy (non-hydrogen) atoms. The molecule has 1 aromatic rings. The second kappa shape index (κ2) is 7.25. The Morgan fingerprint density at radius 1 is 1.12 bits per heavy atom. The van der Waals surface area contributed by atoms with Gasteiger partial charge in [-0.3, -0.25) is 9.69 Å². The summed E-state index contributed by atoms with van der Waals surface area (Å²) < 4.78 is 0. The third kappa shape index (κ3) is 3.41. The number of hydrogen-bond acceptors (Lipinski definition) is 4. The largest absolute Gasteiger partial charge is 0.390 e. The van der Waals surface area contributed by atoms with E-state index in [0.29, 0.717) is 25.2 Å². The normalized spacial score (nSPS) is 26.7. The van der Waals surface area contributed by atoms with E-state index in [0.717, 1.165) is 44.6 Å². The zero-order chi connectivity index (χ0) is 18.1. The fraction of sp³-hybridized carbons (Fsp3) is 0.579. The first-order valence-electron chi connectivity index (χ1n) is 9.50. The van der Waals surface area contributed by atoms with Crippen molar-refractivity contribution in [3.05, 3.63) is 24.3 Å². The second-order valence-corrected chi connectivity index (χ2v) is 7.41. The van der Waals surface area contributed by atoms with Gasteiger partial charge in [0.05, 0.1) is 18.7 Å². The maximum absolute atomic E-state index is 12.6. The molecule has 0 bridgehead atoms. The first kappa shape index (κ1) is 17.3. The number of hydrogen-bond donors (Lipinski definition) is 2. The van der Waals surface area contributed by atoms with E-state index in [-0.39, 0.29) is 18.0 Å². The van der Waals surface area contributed by atoms with Crippen molar-refractivity contribution in [2.45, 2.75) is 37.8 Å². The van der Waals surface area contributed by atoms with Crippen LogP contribution in [0.2, 0.25) is 0 Å². The number of nitrogens with zero attached hydrogens (tertiary/aromatic N) is 3. The number of rotatable bonds is 3. The Morgan fingerprint density at radius 2 is 1.92 bits per heavy atom. The number of nitrogens with one attached hydrogen (secondary N) is 1. The molecule has 3 aliphatic heterocycles. The summed E-state index contributed by atoms with van der Waals surface area (Å²) >= 11 is 0. The van der Waals surface area contributed by atoms with Gasteiger partial charge in [0.25, 0.3) is 0 Å². The first-order valence-corrected chi connectivity index (χ1v) is 9.50. The lowest BCUT2D eigenvalue weighted by molar-refractivity contribution is -0.117. The molecule has 7 nitrogen and oxygen atoms in total.